The summed E-state index contributed by atoms with van der Waals surface area (Å²) in [5, 5.41) is 18.1. The fourth-order valence-corrected chi connectivity index (χ4v) is 4.04. The molecule has 13 heteroatoms. The number of nitrogens with one attached hydrogen (secondary N) is 1. The van der Waals surface area contributed by atoms with Gasteiger partial charge in [0.2, 0.25) is 5.82 Å². The van der Waals surface area contributed by atoms with E-state index in [9.17, 15) is 4.79 Å². The lowest BCUT2D eigenvalue weighted by Crippen LogP contribution is -2.30. The van der Waals surface area contributed by atoms with Crippen LogP contribution in [0.2, 0.25) is 0 Å². The summed E-state index contributed by atoms with van der Waals surface area (Å²) in [6.45, 7) is 1.56. The van der Waals surface area contributed by atoms with E-state index < -0.39 is 46.1 Å². The molecular formula is C22H18F3N7O3. The van der Waals surface area contributed by atoms with Crippen molar-refractivity contribution >= 4 is 11.8 Å². The molecule has 1 fully saturated rings. The van der Waals surface area contributed by atoms with Crippen LogP contribution in [0.4, 0.5) is 19.0 Å². The molecule has 1 aliphatic rings. The highest BCUT2D eigenvalue weighted by Gasteiger charge is 2.49. The van der Waals surface area contributed by atoms with E-state index in [1.807, 2.05) is 0 Å². The average Bonchev–Trinajstić information content (AvgIpc) is 3.57. The first-order valence-corrected chi connectivity index (χ1v) is 10.5. The van der Waals surface area contributed by atoms with Gasteiger partial charge in [0, 0.05) is 29.8 Å². The third-order valence-corrected chi connectivity index (χ3v) is 5.85. The maximum absolute atomic E-state index is 15.2. The second kappa shape index (κ2) is 8.49. The van der Waals surface area contributed by atoms with E-state index in [0.717, 1.165) is 6.07 Å². The Kier molecular flexibility index (Phi) is 5.46. The normalized spacial score (nSPS) is 19.7. The number of halogens is 3. The second-order valence-corrected chi connectivity index (χ2v) is 8.27. The van der Waals surface area contributed by atoms with Crippen molar-refractivity contribution in [3.8, 4) is 22.6 Å². The van der Waals surface area contributed by atoms with Crippen LogP contribution < -0.4 is 5.32 Å². The Morgan fingerprint density at radius 1 is 1.23 bits per heavy atom. The van der Waals surface area contributed by atoms with Crippen LogP contribution in [0.5, 0.6) is 0 Å². The molecule has 3 aromatic heterocycles. The Labute approximate surface area is 196 Å². The van der Waals surface area contributed by atoms with Crippen molar-refractivity contribution in [2.24, 2.45) is 7.05 Å². The highest BCUT2D eigenvalue weighted by molar-refractivity contribution is 5.85. The smallest absolute Gasteiger partial charge is 0.316 e. The van der Waals surface area contributed by atoms with Gasteiger partial charge in [0.15, 0.2) is 17.5 Å². The van der Waals surface area contributed by atoms with Crippen molar-refractivity contribution in [3.63, 3.8) is 0 Å². The molecule has 0 spiro atoms. The number of ether oxygens (including phenoxy) is 1. The van der Waals surface area contributed by atoms with Gasteiger partial charge in [-0.05, 0) is 24.3 Å². The molecule has 0 radical (unpaired) electrons. The molecule has 0 amide bonds. The lowest BCUT2D eigenvalue weighted by molar-refractivity contribution is -0.144. The zero-order chi connectivity index (χ0) is 24.7. The summed E-state index contributed by atoms with van der Waals surface area (Å²) in [5.41, 5.74) is -2.27. The van der Waals surface area contributed by atoms with Gasteiger partial charge in [-0.25, -0.2) is 13.2 Å². The molecule has 1 aliphatic heterocycles. The summed E-state index contributed by atoms with van der Waals surface area (Å²) >= 11 is 0. The topological polar surface area (TPSA) is 121 Å². The Hall–Kier alpha value is -4.29. The number of pyridine rings is 1. The van der Waals surface area contributed by atoms with Crippen LogP contribution in [-0.2, 0) is 22.0 Å². The summed E-state index contributed by atoms with van der Waals surface area (Å²) in [6.07, 6.45) is 1.89. The minimum Gasteiger partial charge on any atom is -0.460 e. The fourth-order valence-electron chi connectivity index (χ4n) is 4.04. The number of cyclic esters (lactones) is 1. The number of carbonyl (C=O) groups is 1. The minimum atomic E-state index is -1.58. The molecule has 1 N–H and O–H groups in total. The summed E-state index contributed by atoms with van der Waals surface area (Å²) in [6, 6.07) is 5.22. The van der Waals surface area contributed by atoms with E-state index in [2.05, 4.69) is 30.9 Å². The number of rotatable bonds is 6. The number of hydrogen-bond acceptors (Lipinski definition) is 9. The molecule has 35 heavy (non-hydrogen) atoms. The predicted octanol–water partition coefficient (Wildman–Crippen LogP) is 3.03. The van der Waals surface area contributed by atoms with Crippen molar-refractivity contribution in [1.29, 1.82) is 0 Å². The molecule has 1 aromatic carbocycles. The maximum atomic E-state index is 15.2. The molecule has 0 bridgehead atoms. The molecular weight excluding hydrogens is 467 g/mol. The Balaban J connectivity index is 1.42. The maximum Gasteiger partial charge on any atom is 0.316 e. The lowest BCUT2D eigenvalue weighted by Gasteiger charge is -2.22. The van der Waals surface area contributed by atoms with Crippen molar-refractivity contribution in [3.05, 3.63) is 59.7 Å². The largest absolute Gasteiger partial charge is 0.460 e. The molecule has 10 nitrogen and oxygen atoms in total. The first-order valence-electron chi connectivity index (χ1n) is 10.5. The lowest BCUT2D eigenvalue weighted by atomic mass is 9.78. The Morgan fingerprint density at radius 2 is 2.06 bits per heavy atom. The van der Waals surface area contributed by atoms with Crippen LogP contribution in [0.1, 0.15) is 18.9 Å². The van der Waals surface area contributed by atoms with Crippen LogP contribution in [-0.4, -0.2) is 49.0 Å². The number of benzene rings is 1. The number of anilines is 1. The van der Waals surface area contributed by atoms with E-state index >= 15 is 13.2 Å². The van der Waals surface area contributed by atoms with Gasteiger partial charge in [-0.2, -0.15) is 4.80 Å². The quantitative estimate of drug-likeness (QED) is 0.324. The van der Waals surface area contributed by atoms with Crippen LogP contribution in [0.15, 0.2) is 41.2 Å². The minimum absolute atomic E-state index is 0.00642. The third kappa shape index (κ3) is 3.98. The number of tetrazole rings is 1. The zero-order valence-electron chi connectivity index (χ0n) is 18.5. The van der Waals surface area contributed by atoms with Gasteiger partial charge in [0.25, 0.3) is 0 Å². The van der Waals surface area contributed by atoms with Crippen LogP contribution in [0.3, 0.4) is 0 Å². The average molecular weight is 485 g/mol. The number of carbonyl (C=O) groups excluding carboxylic acids is 1. The van der Waals surface area contributed by atoms with Crippen molar-refractivity contribution < 1.29 is 27.2 Å². The Morgan fingerprint density at radius 3 is 2.71 bits per heavy atom. The van der Waals surface area contributed by atoms with E-state index in [1.54, 1.807) is 13.1 Å². The standard InChI is InChI=1S/C22H18F3N7O3/c1-22(8-12(35-21(22)33)10-27-16-5-6-34-30-16)13-7-14(23)17(19(25)18(13)24)11-3-4-15(26-9-11)20-28-31-32(2)29-20/h3-7,9,12H,8,10H2,1-2H3,(H,27,30)/t12-,22-/m1/s1. The van der Waals surface area contributed by atoms with Crippen molar-refractivity contribution in [1.82, 2.24) is 30.3 Å². The summed E-state index contributed by atoms with van der Waals surface area (Å²) in [7, 11) is 1.58. The van der Waals surface area contributed by atoms with Gasteiger partial charge < -0.3 is 14.6 Å². The van der Waals surface area contributed by atoms with E-state index in [-0.39, 0.29) is 24.4 Å². The molecule has 4 heterocycles. The van der Waals surface area contributed by atoms with Gasteiger partial charge in [0.1, 0.15) is 23.9 Å². The molecule has 1 saturated heterocycles. The van der Waals surface area contributed by atoms with Crippen molar-refractivity contribution in [2.75, 3.05) is 11.9 Å². The molecule has 0 unspecified atom stereocenters. The number of hydrogen-bond donors (Lipinski definition) is 1. The molecule has 180 valence electrons. The van der Waals surface area contributed by atoms with Gasteiger partial charge in [-0.1, -0.05) is 11.2 Å². The summed E-state index contributed by atoms with van der Waals surface area (Å²) in [5.74, 6) is -3.92. The number of aromatic nitrogens is 6. The van der Waals surface area contributed by atoms with Gasteiger partial charge in [0.05, 0.1) is 24.6 Å². The molecule has 4 aromatic rings. The summed E-state index contributed by atoms with van der Waals surface area (Å²) < 4.78 is 55.6. The highest BCUT2D eigenvalue weighted by atomic mass is 19.2. The van der Waals surface area contributed by atoms with Gasteiger partial charge in [-0.15, -0.1) is 10.2 Å². The van der Waals surface area contributed by atoms with E-state index in [4.69, 9.17) is 9.26 Å². The monoisotopic (exact) mass is 485 g/mol. The van der Waals surface area contributed by atoms with E-state index in [1.165, 1.54) is 36.3 Å². The first-order chi connectivity index (χ1) is 16.8. The van der Waals surface area contributed by atoms with Crippen LogP contribution in [0, 0.1) is 17.5 Å². The first kappa shape index (κ1) is 22.5. The Bertz CT molecular complexity index is 1390. The van der Waals surface area contributed by atoms with Gasteiger partial charge in [-0.3, -0.25) is 9.78 Å². The highest BCUT2D eigenvalue weighted by Crippen LogP contribution is 2.41. The second-order valence-electron chi connectivity index (χ2n) is 8.27. The zero-order valence-corrected chi connectivity index (χ0v) is 18.5. The number of nitrogens with zero attached hydrogens (tertiary/aromatic N) is 6. The van der Waals surface area contributed by atoms with Crippen LogP contribution in [0.25, 0.3) is 22.6 Å². The predicted molar refractivity (Wildman–Crippen MR) is 114 cm³/mol. The SMILES string of the molecule is Cn1nnc(-c2ccc(-c3c(F)cc([C@@]4(C)C[C@H](CNc5ccon5)OC4=O)c(F)c3F)cn2)n1. The molecule has 0 saturated carbocycles. The third-order valence-electron chi connectivity index (χ3n) is 5.85. The number of esters is 1. The molecule has 2 atom stereocenters. The summed E-state index contributed by atoms with van der Waals surface area (Å²) in [4.78, 5) is 18.0. The molecule has 5 rings (SSSR count). The molecule has 0 aliphatic carbocycles. The van der Waals surface area contributed by atoms with Crippen LogP contribution >= 0.6 is 0 Å². The number of aryl methyl sites for hydroxylation is 1. The van der Waals surface area contributed by atoms with Crippen molar-refractivity contribution in [2.45, 2.75) is 24.9 Å². The van der Waals surface area contributed by atoms with E-state index in [0.29, 0.717) is 11.5 Å². The van der Waals surface area contributed by atoms with Gasteiger partial charge >= 0.3 is 5.97 Å². The fraction of sp³-hybridized carbons (Fsp3) is 0.273.